The Balaban J connectivity index is 0.000000295. The molecule has 6 aromatic carbocycles. The predicted octanol–water partition coefficient (Wildman–Crippen LogP) is 28.0. The van der Waals surface area contributed by atoms with E-state index in [4.69, 9.17) is 20.4 Å². The van der Waals surface area contributed by atoms with Crippen LogP contribution in [0.4, 0.5) is 0 Å². The molecule has 4 aliphatic carbocycles. The second-order valence-corrected chi connectivity index (χ2v) is 49.6. The number of benzene rings is 6. The monoisotopic (exact) mass is 1790 g/mol. The number of hydrogen-bond acceptors (Lipinski definition) is 6. The molecule has 4 N–H and O–H groups in total. The summed E-state index contributed by atoms with van der Waals surface area (Å²) in [7, 11) is 0. The molecule has 0 aliphatic heterocycles. The van der Waals surface area contributed by atoms with Gasteiger partial charge in [0.1, 0.15) is 12.6 Å². The number of aliphatic carboxylic acids is 4. The molecule has 0 unspecified atom stereocenters. The van der Waals surface area contributed by atoms with E-state index in [0.717, 1.165) is 46.8 Å². The molecule has 4 aliphatic rings. The molecule has 10 nitrogen and oxygen atoms in total. The second-order valence-electron chi connectivity index (χ2n) is 38.6. The molecule has 0 saturated carbocycles. The van der Waals surface area contributed by atoms with Crippen LogP contribution in [-0.2, 0) is 28.8 Å². The minimum absolute atomic E-state index is 0.220. The Labute approximate surface area is 781 Å². The van der Waals surface area contributed by atoms with Crippen molar-refractivity contribution >= 4 is 81.5 Å². The predicted molar refractivity (Wildman–Crippen MR) is 561 cm³/mol. The van der Waals surface area contributed by atoms with E-state index in [0.29, 0.717) is 12.6 Å². The summed E-state index contributed by atoms with van der Waals surface area (Å²) in [5.74, 6) is -4.00. The molecule has 0 radical (unpaired) electrons. The number of rotatable bonds is 28. The van der Waals surface area contributed by atoms with Crippen molar-refractivity contribution in [3.63, 3.8) is 0 Å². The zero-order valence-corrected chi connectivity index (χ0v) is 83.8. The van der Waals surface area contributed by atoms with Crippen LogP contribution in [-0.4, -0.2) is 82.5 Å². The van der Waals surface area contributed by atoms with E-state index >= 15 is 0 Å². The van der Waals surface area contributed by atoms with Gasteiger partial charge in [0.05, 0.1) is 0 Å². The van der Waals surface area contributed by atoms with Gasteiger partial charge in [0.15, 0.2) is 0 Å². The molecule has 0 amide bonds. The molecule has 0 atom stereocenters. The van der Waals surface area contributed by atoms with E-state index in [1.807, 2.05) is 24.3 Å². The zero-order chi connectivity index (χ0) is 96.6. The van der Waals surface area contributed by atoms with Gasteiger partial charge in [-0.25, -0.2) is 19.2 Å². The van der Waals surface area contributed by atoms with Crippen LogP contribution in [0.25, 0.3) is 0 Å². The molecule has 0 bridgehead atoms. The summed E-state index contributed by atoms with van der Waals surface area (Å²) in [5.41, 5.74) is 20.0. The topological polar surface area (TPSA) is 183 Å². The van der Waals surface area contributed by atoms with Gasteiger partial charge in [-0.1, -0.05) is 111 Å². The first-order valence-corrected chi connectivity index (χ1v) is 51.5. The van der Waals surface area contributed by atoms with E-state index in [2.05, 4.69) is 367 Å². The van der Waals surface area contributed by atoms with Gasteiger partial charge in [-0.3, -0.25) is 9.59 Å². The van der Waals surface area contributed by atoms with E-state index < -0.39 is 37.1 Å². The molecule has 0 aromatic heterocycles. The van der Waals surface area contributed by atoms with E-state index in [9.17, 15) is 28.8 Å². The first-order valence-electron chi connectivity index (χ1n) is 45.8. The van der Waals surface area contributed by atoms with Crippen molar-refractivity contribution in [2.75, 3.05) is 25.7 Å². The Morgan fingerprint density at radius 3 is 0.662 bits per heavy atom. The molecular formula is C118H150O10P2. The Bertz CT molecular complexity index is 4900. The normalized spacial score (nSPS) is 17.8. The molecular weight excluding hydrogens is 1640 g/mol. The Morgan fingerprint density at radius 1 is 0.292 bits per heavy atom. The number of allylic oxidation sites excluding steroid dienone is 32. The SMILES string of the molecule is C/C(C=O)=C/C(=O)O.C/C(C=O)=C\C(=O)O.CC1=C(/C=C/C(C)=C/C=C/C(C)=C/C(=O)O)C(C)(C)CCC1.CC1=C(/C=C/C(C)=C/C=C/C(C)=C\C(=O)O)C(C)(C)CCC1.CC1=C(/C=C/C(C)=C/CP(C)(c2ccccc2)(c2ccccc2)c2ccccc2)C(C)(C)CCC1.CC1=C(/C=C/C(C)=C/CP(C)(c2ccccc2)(c2ccccc2)c2ccccc2)C(C)(C)CCC1. The van der Waals surface area contributed by atoms with Gasteiger partial charge in [0.2, 0.25) is 0 Å². The summed E-state index contributed by atoms with van der Waals surface area (Å²) in [4.78, 5) is 60.0. The van der Waals surface area contributed by atoms with Gasteiger partial charge >= 0.3 is 451 Å². The average molecular weight is 1790 g/mol. The van der Waals surface area contributed by atoms with Crippen molar-refractivity contribution in [2.24, 2.45) is 21.7 Å². The quantitative estimate of drug-likeness (QED) is 0.0160. The molecule has 692 valence electrons. The van der Waals surface area contributed by atoms with Gasteiger partial charge in [-0.05, 0) is 138 Å². The van der Waals surface area contributed by atoms with E-state index in [-0.39, 0.29) is 32.8 Å². The van der Waals surface area contributed by atoms with Crippen molar-refractivity contribution in [1.82, 2.24) is 0 Å². The fraction of sp³-hybridized carbons (Fsp3) is 0.339. The van der Waals surface area contributed by atoms with Crippen LogP contribution in [0, 0.1) is 21.7 Å². The number of carbonyl (C=O) groups is 6. The first-order chi connectivity index (χ1) is 61.3. The third kappa shape index (κ3) is 32.7. The molecule has 10 rings (SSSR count). The van der Waals surface area contributed by atoms with Crippen LogP contribution < -0.4 is 31.8 Å². The van der Waals surface area contributed by atoms with E-state index in [1.54, 1.807) is 37.1 Å². The third-order valence-corrected chi connectivity index (χ3v) is 38.3. The molecule has 12 heteroatoms. The van der Waals surface area contributed by atoms with Crippen molar-refractivity contribution in [3.8, 4) is 0 Å². The summed E-state index contributed by atoms with van der Waals surface area (Å²) in [6.45, 7) is 42.7. The maximum absolute atomic E-state index is 10.5. The average Bonchev–Trinajstić information content (AvgIpc) is 0.710. The van der Waals surface area contributed by atoms with Gasteiger partial charge in [-0.15, -0.1) is 0 Å². The van der Waals surface area contributed by atoms with Crippen molar-refractivity contribution in [1.29, 1.82) is 0 Å². The van der Waals surface area contributed by atoms with Crippen LogP contribution in [0.5, 0.6) is 0 Å². The molecule has 0 fully saturated rings. The fourth-order valence-electron chi connectivity index (χ4n) is 18.1. The van der Waals surface area contributed by atoms with Gasteiger partial charge in [0.25, 0.3) is 0 Å². The number of carboxylic acid groups (broad SMARTS) is 4. The number of carboxylic acids is 4. The number of aldehydes is 2. The second kappa shape index (κ2) is 51.4. The summed E-state index contributed by atoms with van der Waals surface area (Å²) < 4.78 is 0. The Morgan fingerprint density at radius 2 is 0.485 bits per heavy atom. The van der Waals surface area contributed by atoms with Crippen molar-refractivity contribution < 1.29 is 49.2 Å². The molecule has 6 aromatic rings. The van der Waals surface area contributed by atoms with Crippen LogP contribution in [0.2, 0.25) is 0 Å². The standard InChI is InChI=1S/2C34H41P.2C20H28O2.2C5H6O3/c2*1-28(23-24-33-29(2)16-15-26-34(33,3)4)25-27-35(5,30-17-9-6-10-18-30,31-19-11-7-12-20-31)32-21-13-8-14-22-32;2*1-15(8-6-9-16(2)14-19(21)22)11-12-18-17(3)10-7-13-20(18,4)5;2*1-4(3-6)2-5(7)8/h2*6-14,17-25H,15-16,26-27H2,1-5H3;2*6,8-9,11-12,14H,7,10,13H2,1-5H3,(H,21,22);2*2-3H,1H3,(H,7,8)/b2*24-23+,28-25+;9-6+,12-11+,15-8+,16-14+;9-6+,12-11+,15-8+,16-14-;4-2+;4-2-. The fourth-order valence-corrected chi connectivity index (χ4v) is 28.5. The van der Waals surface area contributed by atoms with Gasteiger partial charge in [0, 0.05) is 24.3 Å². The minimum atomic E-state index is -2.74. The summed E-state index contributed by atoms with van der Waals surface area (Å²) >= 11 is 0. The first kappa shape index (κ1) is 109. The van der Waals surface area contributed by atoms with Crippen molar-refractivity contribution in [3.05, 3.63) is 393 Å². The molecule has 0 saturated heterocycles. The zero-order valence-electron chi connectivity index (χ0n) is 82.1. The number of hydrogen-bond donors (Lipinski definition) is 4. The van der Waals surface area contributed by atoms with Gasteiger partial charge < -0.3 is 20.4 Å². The van der Waals surface area contributed by atoms with Crippen molar-refractivity contribution in [2.45, 2.75) is 216 Å². The maximum atomic E-state index is 10.5. The Hall–Kier alpha value is -11.3. The van der Waals surface area contributed by atoms with Gasteiger partial charge in [-0.2, -0.15) is 0 Å². The molecule has 0 heterocycles. The summed E-state index contributed by atoms with van der Waals surface area (Å²) in [6, 6.07) is 67.3. The third-order valence-electron chi connectivity index (χ3n) is 25.9. The van der Waals surface area contributed by atoms with Crippen LogP contribution in [0.15, 0.2) is 393 Å². The van der Waals surface area contributed by atoms with Crippen LogP contribution >= 0.6 is 13.2 Å². The molecule has 0 spiro atoms. The Kier molecular flexibility index (Phi) is 43.2. The number of carbonyl (C=O) groups excluding carboxylic acids is 2. The molecule has 130 heavy (non-hydrogen) atoms. The van der Waals surface area contributed by atoms with Crippen LogP contribution in [0.1, 0.15) is 216 Å². The summed E-state index contributed by atoms with van der Waals surface area (Å²) in [6.07, 6.45) is 56.8. The van der Waals surface area contributed by atoms with E-state index in [1.165, 1.54) is 179 Å². The summed E-state index contributed by atoms with van der Waals surface area (Å²) in [5, 5.41) is 41.9. The van der Waals surface area contributed by atoms with Crippen LogP contribution in [0.3, 0.4) is 0 Å².